The smallest absolute Gasteiger partial charge is 0.434 e. The van der Waals surface area contributed by atoms with Crippen LogP contribution in [-0.2, 0) is 9.47 Å². The van der Waals surface area contributed by atoms with Gasteiger partial charge in [-0.25, -0.2) is 4.79 Å². The Balaban J connectivity index is 1.41. The highest BCUT2D eigenvalue weighted by Gasteiger charge is 2.60. The zero-order chi connectivity index (χ0) is 24.9. The van der Waals surface area contributed by atoms with Gasteiger partial charge in [-0.15, -0.1) is 0 Å². The number of carbonyl (C=O) groups is 1. The summed E-state index contributed by atoms with van der Waals surface area (Å²) in [6.45, 7) is -0.132. The van der Waals surface area contributed by atoms with Crippen LogP contribution in [-0.4, -0.2) is 65.8 Å². The summed E-state index contributed by atoms with van der Waals surface area (Å²) in [6, 6.07) is 3.65. The summed E-state index contributed by atoms with van der Waals surface area (Å²) in [5, 5.41) is 9.12. The van der Waals surface area contributed by atoms with Crippen LogP contribution in [0.5, 0.6) is 5.75 Å². The van der Waals surface area contributed by atoms with Crippen molar-refractivity contribution in [2.75, 3.05) is 13.1 Å². The molecule has 2 fully saturated rings. The van der Waals surface area contributed by atoms with Gasteiger partial charge in [-0.2, -0.15) is 31.6 Å². The number of nitrogens with zero attached hydrogens (tertiary/aromatic N) is 3. The quantitative estimate of drug-likeness (QED) is 0.548. The van der Waals surface area contributed by atoms with Crippen molar-refractivity contribution in [3.05, 3.63) is 24.0 Å². The molecule has 0 atom stereocenters. The van der Waals surface area contributed by atoms with Gasteiger partial charge in [0, 0.05) is 25.5 Å². The first-order valence-corrected chi connectivity index (χ1v) is 10.7. The molecular weight excluding hydrogens is 472 g/mol. The fraction of sp³-hybridized carbons (Fsp3) is 0.667. The van der Waals surface area contributed by atoms with Crippen LogP contribution < -0.4 is 4.74 Å². The van der Waals surface area contributed by atoms with Gasteiger partial charge < -0.3 is 19.1 Å². The third-order valence-corrected chi connectivity index (χ3v) is 5.71. The molecule has 1 saturated heterocycles. The molecule has 2 heterocycles. The number of aromatic nitrogens is 1. The van der Waals surface area contributed by atoms with Crippen LogP contribution in [0, 0.1) is 11.3 Å². The molecule has 1 aliphatic heterocycles. The highest BCUT2D eigenvalue weighted by Crippen LogP contribution is 2.36. The number of pyridine rings is 1. The average molecular weight is 495 g/mol. The van der Waals surface area contributed by atoms with Gasteiger partial charge in [-0.05, 0) is 44.6 Å². The minimum Gasteiger partial charge on any atom is -0.489 e. The van der Waals surface area contributed by atoms with Crippen LogP contribution in [0.15, 0.2) is 18.5 Å². The number of rotatable bonds is 5. The number of hydrogen-bond acceptors (Lipinski definition) is 6. The Labute approximate surface area is 191 Å². The minimum absolute atomic E-state index is 0.0661. The number of alkyl halides is 6. The molecule has 0 unspecified atom stereocenters. The molecule has 1 aromatic rings. The molecule has 188 valence electrons. The number of halogens is 6. The lowest BCUT2D eigenvalue weighted by Gasteiger charge is -2.36. The van der Waals surface area contributed by atoms with E-state index in [-0.39, 0.29) is 44.2 Å². The summed E-state index contributed by atoms with van der Waals surface area (Å²) < 4.78 is 91.2. The van der Waals surface area contributed by atoms with E-state index in [4.69, 9.17) is 14.7 Å². The van der Waals surface area contributed by atoms with Crippen molar-refractivity contribution in [3.63, 3.8) is 0 Å². The molecule has 1 amide bonds. The van der Waals surface area contributed by atoms with Crippen molar-refractivity contribution < 1.29 is 45.3 Å². The van der Waals surface area contributed by atoms with Gasteiger partial charge in [0.2, 0.25) is 0 Å². The van der Waals surface area contributed by atoms with E-state index >= 15 is 0 Å². The monoisotopic (exact) mass is 495 g/mol. The van der Waals surface area contributed by atoms with Crippen LogP contribution in [0.3, 0.4) is 0 Å². The lowest BCUT2D eigenvalue weighted by Crippen LogP contribution is -2.50. The maximum atomic E-state index is 12.6. The Morgan fingerprint density at radius 1 is 1.00 bits per heavy atom. The number of ether oxygens (including phenoxy) is 3. The SMILES string of the molecule is N#Cc1cnccc1OC1CCC(OC2CCN(C(=O)OC(C(F)(F)F)C(F)(F)F)CC2)CC1. The number of hydrogen-bond donors (Lipinski definition) is 0. The molecule has 1 saturated carbocycles. The predicted molar refractivity (Wildman–Crippen MR) is 104 cm³/mol. The van der Waals surface area contributed by atoms with Crippen molar-refractivity contribution >= 4 is 6.09 Å². The van der Waals surface area contributed by atoms with Crippen molar-refractivity contribution in [3.8, 4) is 11.8 Å². The minimum atomic E-state index is -5.74. The summed E-state index contributed by atoms with van der Waals surface area (Å²) in [4.78, 5) is 16.6. The first-order valence-electron chi connectivity index (χ1n) is 10.7. The zero-order valence-electron chi connectivity index (χ0n) is 17.9. The normalized spacial score (nSPS) is 22.4. The Bertz CT molecular complexity index is 858. The van der Waals surface area contributed by atoms with Gasteiger partial charge in [0.25, 0.3) is 6.10 Å². The van der Waals surface area contributed by atoms with Crippen molar-refractivity contribution in [2.24, 2.45) is 0 Å². The number of nitriles is 1. The van der Waals surface area contributed by atoms with Gasteiger partial charge >= 0.3 is 18.4 Å². The molecular formula is C21H23F6N3O4. The maximum Gasteiger partial charge on any atom is 0.434 e. The van der Waals surface area contributed by atoms with Gasteiger partial charge in [0.1, 0.15) is 17.4 Å². The molecule has 2 aliphatic rings. The molecule has 0 radical (unpaired) electrons. The van der Waals surface area contributed by atoms with E-state index < -0.39 is 24.5 Å². The fourth-order valence-electron chi connectivity index (χ4n) is 3.98. The predicted octanol–water partition coefficient (Wildman–Crippen LogP) is 4.75. The third-order valence-electron chi connectivity index (χ3n) is 5.71. The summed E-state index contributed by atoms with van der Waals surface area (Å²) >= 11 is 0. The number of amides is 1. The zero-order valence-corrected chi connectivity index (χ0v) is 17.9. The second-order valence-corrected chi connectivity index (χ2v) is 8.17. The lowest BCUT2D eigenvalue weighted by atomic mass is 9.94. The van der Waals surface area contributed by atoms with E-state index in [2.05, 4.69) is 9.72 Å². The van der Waals surface area contributed by atoms with Crippen molar-refractivity contribution in [1.82, 2.24) is 9.88 Å². The van der Waals surface area contributed by atoms with Gasteiger partial charge in [-0.1, -0.05) is 0 Å². The van der Waals surface area contributed by atoms with E-state index in [1.807, 2.05) is 6.07 Å². The molecule has 0 N–H and O–H groups in total. The molecule has 1 aliphatic carbocycles. The summed E-state index contributed by atoms with van der Waals surface area (Å²) in [6.07, 6.45) is -11.4. The van der Waals surface area contributed by atoms with E-state index in [1.54, 1.807) is 12.3 Å². The van der Waals surface area contributed by atoms with Gasteiger partial charge in [0.15, 0.2) is 0 Å². The van der Waals surface area contributed by atoms with Crippen LogP contribution in [0.1, 0.15) is 44.1 Å². The molecule has 1 aromatic heterocycles. The lowest BCUT2D eigenvalue weighted by molar-refractivity contribution is -0.308. The van der Waals surface area contributed by atoms with Crippen LogP contribution in [0.4, 0.5) is 31.1 Å². The first-order chi connectivity index (χ1) is 16.0. The maximum absolute atomic E-state index is 12.6. The summed E-state index contributed by atoms with van der Waals surface area (Å²) in [5.41, 5.74) is 0.350. The largest absolute Gasteiger partial charge is 0.489 e. The van der Waals surface area contributed by atoms with E-state index in [9.17, 15) is 31.1 Å². The Morgan fingerprint density at radius 3 is 2.12 bits per heavy atom. The Hall–Kier alpha value is -2.75. The van der Waals surface area contributed by atoms with Crippen molar-refractivity contribution in [1.29, 1.82) is 5.26 Å². The number of carbonyl (C=O) groups excluding carboxylic acids is 1. The number of likely N-dealkylation sites (tertiary alicyclic amines) is 1. The second kappa shape index (κ2) is 10.7. The molecule has 3 rings (SSSR count). The van der Waals surface area contributed by atoms with Crippen LogP contribution in [0.2, 0.25) is 0 Å². The van der Waals surface area contributed by atoms with Gasteiger partial charge in [-0.3, -0.25) is 4.98 Å². The van der Waals surface area contributed by atoms with Gasteiger partial charge in [0.05, 0.1) is 18.3 Å². The summed E-state index contributed by atoms with van der Waals surface area (Å²) in [7, 11) is 0. The van der Waals surface area contributed by atoms with Crippen LogP contribution >= 0.6 is 0 Å². The molecule has 0 aromatic carbocycles. The first kappa shape index (κ1) is 25.9. The second-order valence-electron chi connectivity index (χ2n) is 8.17. The van der Waals surface area contributed by atoms with E-state index in [0.717, 1.165) is 4.90 Å². The molecule has 0 bridgehead atoms. The third kappa shape index (κ3) is 6.88. The fourth-order valence-corrected chi connectivity index (χ4v) is 3.98. The standard InChI is InChI=1S/C21H23F6N3O4/c22-20(23,24)18(21(25,26)27)34-19(31)30-9-6-16(7-10-30)32-14-1-3-15(4-2-14)33-17-5-8-29-12-13(17)11-28/h5,8,12,14-16,18H,1-4,6-7,9-10H2. The average Bonchev–Trinajstić information content (AvgIpc) is 2.78. The molecule has 7 nitrogen and oxygen atoms in total. The Morgan fingerprint density at radius 2 is 1.56 bits per heavy atom. The van der Waals surface area contributed by atoms with Crippen molar-refractivity contribution in [2.45, 2.75) is 75.3 Å². The Kier molecular flexibility index (Phi) is 8.12. The topological polar surface area (TPSA) is 84.7 Å². The highest BCUT2D eigenvalue weighted by atomic mass is 19.4. The number of piperidine rings is 1. The van der Waals surface area contributed by atoms with Crippen LogP contribution in [0.25, 0.3) is 0 Å². The molecule has 34 heavy (non-hydrogen) atoms. The summed E-state index contributed by atoms with van der Waals surface area (Å²) in [5.74, 6) is 0.472. The molecule has 0 spiro atoms. The highest BCUT2D eigenvalue weighted by molar-refractivity contribution is 5.68. The molecule has 13 heteroatoms. The van der Waals surface area contributed by atoms with E-state index in [1.165, 1.54) is 6.20 Å². The van der Waals surface area contributed by atoms with E-state index in [0.29, 0.717) is 37.0 Å².